The third-order valence-electron chi connectivity index (χ3n) is 5.25. The third-order valence-corrected chi connectivity index (χ3v) is 5.25. The van der Waals surface area contributed by atoms with Crippen molar-refractivity contribution >= 4 is 0 Å². The number of hydrogen-bond acceptors (Lipinski definition) is 8. The van der Waals surface area contributed by atoms with E-state index in [1.165, 1.54) is 0 Å². The lowest BCUT2D eigenvalue weighted by Crippen LogP contribution is -2.54. The molecule has 0 unspecified atom stereocenters. The first-order valence-electron chi connectivity index (χ1n) is 9.51. The number of epoxide rings is 1. The molecule has 0 bridgehead atoms. The summed E-state index contributed by atoms with van der Waals surface area (Å²) in [6, 6.07) is 9.88. The topological polar surface area (TPSA) is 88.1 Å². The number of aliphatic hydroxyl groups is 1. The van der Waals surface area contributed by atoms with Crippen LogP contribution in [-0.2, 0) is 39.8 Å². The van der Waals surface area contributed by atoms with Gasteiger partial charge in [-0.1, -0.05) is 30.3 Å². The van der Waals surface area contributed by atoms with Crippen molar-refractivity contribution in [2.24, 2.45) is 0 Å². The minimum Gasteiger partial charge on any atom is -0.394 e. The minimum absolute atomic E-state index is 0.103. The number of fused-ring (bicyclic) bond motifs is 1. The lowest BCUT2D eigenvalue weighted by atomic mass is 9.90. The maximum atomic E-state index is 9.55. The van der Waals surface area contributed by atoms with Gasteiger partial charge in [-0.3, -0.25) is 0 Å². The summed E-state index contributed by atoms with van der Waals surface area (Å²) in [7, 11) is 1.55. The van der Waals surface area contributed by atoms with E-state index in [0.29, 0.717) is 6.61 Å². The Hall–Kier alpha value is -1.10. The molecule has 0 aromatic heterocycles. The molecule has 4 rings (SSSR count). The number of aliphatic hydroxyl groups excluding tert-OH is 1. The molecular weight excluding hydrogens is 368 g/mol. The second kappa shape index (κ2) is 7.97. The largest absolute Gasteiger partial charge is 0.394 e. The van der Waals surface area contributed by atoms with Crippen molar-refractivity contribution in [3.05, 3.63) is 35.9 Å². The van der Waals surface area contributed by atoms with Gasteiger partial charge in [-0.25, -0.2) is 0 Å². The maximum absolute atomic E-state index is 9.55. The van der Waals surface area contributed by atoms with Crippen LogP contribution in [-0.4, -0.2) is 74.3 Å². The molecule has 0 aliphatic carbocycles. The van der Waals surface area contributed by atoms with E-state index in [0.717, 1.165) is 5.56 Å². The van der Waals surface area contributed by atoms with Crippen molar-refractivity contribution in [3.8, 4) is 0 Å². The van der Waals surface area contributed by atoms with Crippen LogP contribution in [0, 0.1) is 0 Å². The Bertz CT molecular complexity index is 653. The molecule has 3 fully saturated rings. The minimum atomic E-state index is -0.966. The highest BCUT2D eigenvalue weighted by atomic mass is 16.9. The van der Waals surface area contributed by atoms with Crippen molar-refractivity contribution in [1.29, 1.82) is 0 Å². The van der Waals surface area contributed by atoms with Crippen LogP contribution in [0.3, 0.4) is 0 Å². The van der Waals surface area contributed by atoms with Gasteiger partial charge in [0.05, 0.1) is 19.8 Å². The lowest BCUT2D eigenvalue weighted by Gasteiger charge is -2.35. The van der Waals surface area contributed by atoms with Crippen LogP contribution in [0.1, 0.15) is 19.4 Å². The van der Waals surface area contributed by atoms with Gasteiger partial charge in [0.1, 0.15) is 31.2 Å². The van der Waals surface area contributed by atoms with Crippen molar-refractivity contribution in [1.82, 2.24) is 0 Å². The van der Waals surface area contributed by atoms with Crippen molar-refractivity contribution < 1.29 is 38.3 Å². The summed E-state index contributed by atoms with van der Waals surface area (Å²) >= 11 is 0. The Morgan fingerprint density at radius 2 is 1.89 bits per heavy atom. The van der Waals surface area contributed by atoms with Crippen molar-refractivity contribution in [2.75, 3.05) is 27.1 Å². The highest BCUT2D eigenvalue weighted by Crippen LogP contribution is 2.50. The zero-order chi connectivity index (χ0) is 19.8. The van der Waals surface area contributed by atoms with Crippen LogP contribution >= 0.6 is 0 Å². The molecule has 6 atom stereocenters. The normalized spacial score (nSPS) is 38.5. The summed E-state index contributed by atoms with van der Waals surface area (Å²) in [5, 5.41) is 9.55. The molecule has 3 saturated heterocycles. The van der Waals surface area contributed by atoms with Crippen LogP contribution in [0.25, 0.3) is 0 Å². The Labute approximate surface area is 164 Å². The number of benzene rings is 1. The molecule has 3 aliphatic rings. The molecule has 0 spiro atoms. The van der Waals surface area contributed by atoms with E-state index >= 15 is 0 Å². The van der Waals surface area contributed by atoms with E-state index in [1.807, 2.05) is 44.2 Å². The van der Waals surface area contributed by atoms with E-state index < -0.39 is 29.9 Å². The van der Waals surface area contributed by atoms with Gasteiger partial charge in [-0.05, 0) is 19.4 Å². The first kappa shape index (κ1) is 20.2. The van der Waals surface area contributed by atoms with Gasteiger partial charge in [0.15, 0.2) is 17.7 Å². The van der Waals surface area contributed by atoms with E-state index in [-0.39, 0.29) is 32.2 Å². The monoisotopic (exact) mass is 396 g/mol. The predicted molar refractivity (Wildman–Crippen MR) is 96.2 cm³/mol. The summed E-state index contributed by atoms with van der Waals surface area (Å²) < 4.78 is 41.1. The average Bonchev–Trinajstić information content (AvgIpc) is 3.34. The van der Waals surface area contributed by atoms with E-state index in [2.05, 4.69) is 0 Å². The number of rotatable bonds is 9. The molecule has 8 nitrogen and oxygen atoms in total. The van der Waals surface area contributed by atoms with Crippen LogP contribution in [0.15, 0.2) is 30.3 Å². The van der Waals surface area contributed by atoms with Crippen molar-refractivity contribution in [3.63, 3.8) is 0 Å². The van der Waals surface area contributed by atoms with Gasteiger partial charge < -0.3 is 38.3 Å². The molecule has 1 aromatic carbocycles. The van der Waals surface area contributed by atoms with Gasteiger partial charge in [0.25, 0.3) is 0 Å². The standard InChI is InChI=1S/C20H28O8/c1-19(2)26-15-17(24-10-13-7-5-4-6-8-13)20(11-23-12-22-3,28-18(15)27-19)16-14(9-21)25-16/h4-8,14-18,21H,9-12H2,1-3H3/t14-,15+,16+,17+,18-,20-/m0/s1. The molecule has 1 aromatic rings. The number of hydrogen-bond donors (Lipinski definition) is 1. The maximum Gasteiger partial charge on any atom is 0.190 e. The molecule has 28 heavy (non-hydrogen) atoms. The Morgan fingerprint density at radius 1 is 1.11 bits per heavy atom. The van der Waals surface area contributed by atoms with E-state index in [4.69, 9.17) is 33.2 Å². The number of methoxy groups -OCH3 is 1. The molecule has 1 N–H and O–H groups in total. The predicted octanol–water partition coefficient (Wildman–Crippen LogP) is 1.20. The smallest absolute Gasteiger partial charge is 0.190 e. The first-order valence-corrected chi connectivity index (χ1v) is 9.51. The zero-order valence-electron chi connectivity index (χ0n) is 16.4. The Balaban J connectivity index is 1.58. The summed E-state index contributed by atoms with van der Waals surface area (Å²) in [6.07, 6.45) is -2.26. The van der Waals surface area contributed by atoms with Gasteiger partial charge in [0, 0.05) is 7.11 Å². The Morgan fingerprint density at radius 3 is 2.57 bits per heavy atom. The van der Waals surface area contributed by atoms with Crippen LogP contribution in [0.2, 0.25) is 0 Å². The molecular formula is C20H28O8. The average molecular weight is 396 g/mol. The summed E-state index contributed by atoms with van der Waals surface area (Å²) in [5.41, 5.74) is 0.0678. The summed E-state index contributed by atoms with van der Waals surface area (Å²) in [6.45, 7) is 4.24. The molecule has 3 heterocycles. The fourth-order valence-electron chi connectivity index (χ4n) is 4.03. The second-order valence-electron chi connectivity index (χ2n) is 7.79. The second-order valence-corrected chi connectivity index (χ2v) is 7.79. The van der Waals surface area contributed by atoms with Gasteiger partial charge in [0.2, 0.25) is 0 Å². The van der Waals surface area contributed by atoms with Gasteiger partial charge in [-0.2, -0.15) is 0 Å². The van der Waals surface area contributed by atoms with E-state index in [1.54, 1.807) is 7.11 Å². The molecule has 0 saturated carbocycles. The summed E-state index contributed by atoms with van der Waals surface area (Å²) in [5.74, 6) is -0.774. The Kier molecular flexibility index (Phi) is 5.74. The molecule has 156 valence electrons. The zero-order valence-corrected chi connectivity index (χ0v) is 16.4. The van der Waals surface area contributed by atoms with Crippen LogP contribution in [0.4, 0.5) is 0 Å². The van der Waals surface area contributed by atoms with E-state index in [9.17, 15) is 5.11 Å². The highest BCUT2D eigenvalue weighted by Gasteiger charge is 2.70. The van der Waals surface area contributed by atoms with Crippen LogP contribution in [0.5, 0.6) is 0 Å². The van der Waals surface area contributed by atoms with Gasteiger partial charge >= 0.3 is 0 Å². The summed E-state index contributed by atoms with van der Waals surface area (Å²) in [4.78, 5) is 0. The first-order chi connectivity index (χ1) is 13.5. The molecule has 0 amide bonds. The molecule has 0 radical (unpaired) electrons. The fourth-order valence-corrected chi connectivity index (χ4v) is 4.03. The SMILES string of the molecule is COCOC[C@@]1([C@@H]2O[C@H]2CO)O[C@@H]2OC(C)(C)O[C@@H]2[C@H]1OCc1ccccc1. The quantitative estimate of drug-likeness (QED) is 0.378. The lowest BCUT2D eigenvalue weighted by molar-refractivity contribution is -0.262. The third kappa shape index (κ3) is 3.83. The molecule has 3 aliphatic heterocycles. The number of ether oxygens (including phenoxy) is 7. The van der Waals surface area contributed by atoms with Crippen molar-refractivity contribution in [2.45, 2.75) is 62.5 Å². The molecule has 8 heteroatoms. The van der Waals surface area contributed by atoms with Gasteiger partial charge in [-0.15, -0.1) is 0 Å². The fraction of sp³-hybridized carbons (Fsp3) is 0.700. The highest BCUT2D eigenvalue weighted by molar-refractivity contribution is 5.17. The van der Waals surface area contributed by atoms with Crippen LogP contribution < -0.4 is 0 Å².